The van der Waals surface area contributed by atoms with Crippen LogP contribution in [-0.2, 0) is 0 Å². The molecule has 0 amide bonds. The molecule has 2 aliphatic heterocycles. The van der Waals surface area contributed by atoms with Gasteiger partial charge in [0.1, 0.15) is 0 Å². The van der Waals surface area contributed by atoms with Crippen LogP contribution < -0.4 is 5.32 Å². The van der Waals surface area contributed by atoms with Gasteiger partial charge in [0, 0.05) is 5.92 Å². The summed E-state index contributed by atoms with van der Waals surface area (Å²) in [7, 11) is 0. The van der Waals surface area contributed by atoms with E-state index in [0.29, 0.717) is 5.92 Å². The molecule has 0 aromatic rings. The first kappa shape index (κ1) is 8.94. The van der Waals surface area contributed by atoms with Crippen molar-refractivity contribution in [2.45, 2.75) is 25.4 Å². The Morgan fingerprint density at radius 3 is 2.27 bits per heavy atom. The molecule has 0 aliphatic carbocycles. The molecule has 4 heteroatoms. The van der Waals surface area contributed by atoms with Crippen LogP contribution in [0.4, 0.5) is 0 Å². The molecule has 0 unspecified atom stereocenters. The van der Waals surface area contributed by atoms with Gasteiger partial charge in [0.25, 0.3) is 0 Å². The van der Waals surface area contributed by atoms with Crippen LogP contribution in [0.2, 0.25) is 0 Å². The van der Waals surface area contributed by atoms with E-state index in [4.69, 9.17) is 0 Å². The highest BCUT2D eigenvalue weighted by Gasteiger charge is 2.42. The third-order valence-corrected chi connectivity index (χ3v) is 2.53. The van der Waals surface area contributed by atoms with Crippen LogP contribution in [0.1, 0.15) is 19.8 Å². The quantitative estimate of drug-likeness (QED) is 0.646. The zero-order chi connectivity index (χ0) is 7.03. The minimum absolute atomic E-state index is 0. The van der Waals surface area contributed by atoms with Crippen LogP contribution in [0.15, 0.2) is 10.2 Å². The monoisotopic (exact) mass is 175 g/mol. The van der Waals surface area contributed by atoms with Gasteiger partial charge in [-0.3, -0.25) is 0 Å². The summed E-state index contributed by atoms with van der Waals surface area (Å²) < 4.78 is 0. The van der Waals surface area contributed by atoms with Gasteiger partial charge >= 0.3 is 0 Å². The Bertz CT molecular complexity index is 157. The highest BCUT2D eigenvalue weighted by Crippen LogP contribution is 2.39. The Kier molecular flexibility index (Phi) is 2.50. The molecule has 1 N–H and O–H groups in total. The molecule has 0 atom stereocenters. The molecule has 0 radical (unpaired) electrons. The maximum Gasteiger partial charge on any atom is 0.191 e. The molecule has 64 valence electrons. The molecule has 1 fully saturated rings. The Hall–Kier alpha value is -0.150. The van der Waals surface area contributed by atoms with Gasteiger partial charge in [-0.15, -0.1) is 12.4 Å². The van der Waals surface area contributed by atoms with Crippen molar-refractivity contribution in [1.82, 2.24) is 5.32 Å². The van der Waals surface area contributed by atoms with Gasteiger partial charge in [-0.1, -0.05) is 0 Å². The van der Waals surface area contributed by atoms with Gasteiger partial charge in [0.2, 0.25) is 0 Å². The molecule has 1 saturated heterocycles. The predicted molar refractivity (Wildman–Crippen MR) is 46.1 cm³/mol. The van der Waals surface area contributed by atoms with E-state index in [1.54, 1.807) is 0 Å². The zero-order valence-corrected chi connectivity index (χ0v) is 7.52. The Labute approximate surface area is 73.1 Å². The Balaban J connectivity index is 0.000000605. The van der Waals surface area contributed by atoms with Crippen molar-refractivity contribution in [2.24, 2.45) is 16.1 Å². The standard InChI is InChI=1S/C7H13N3.ClH/c1-7(9-10-7)6-2-4-8-5-3-6;/h6,8H,2-5H2,1H3;1H. The smallest absolute Gasteiger partial charge is 0.191 e. The van der Waals surface area contributed by atoms with Crippen LogP contribution in [-0.4, -0.2) is 18.8 Å². The summed E-state index contributed by atoms with van der Waals surface area (Å²) in [5.41, 5.74) is 0.0299. The number of hydrogen-bond donors (Lipinski definition) is 1. The normalized spacial score (nSPS) is 27.7. The number of piperidine rings is 1. The third-order valence-electron chi connectivity index (χ3n) is 2.53. The molecule has 11 heavy (non-hydrogen) atoms. The van der Waals surface area contributed by atoms with E-state index in [1.165, 1.54) is 12.8 Å². The lowest BCUT2D eigenvalue weighted by atomic mass is 9.89. The molecule has 0 spiro atoms. The zero-order valence-electron chi connectivity index (χ0n) is 6.71. The van der Waals surface area contributed by atoms with Crippen molar-refractivity contribution >= 4 is 12.4 Å². The fourth-order valence-electron chi connectivity index (χ4n) is 1.61. The summed E-state index contributed by atoms with van der Waals surface area (Å²) >= 11 is 0. The Morgan fingerprint density at radius 2 is 1.82 bits per heavy atom. The number of nitrogens with one attached hydrogen (secondary N) is 1. The SMILES string of the molecule is CC1(C2CCNCC2)N=N1.Cl. The summed E-state index contributed by atoms with van der Waals surface area (Å²) in [4.78, 5) is 0. The lowest BCUT2D eigenvalue weighted by Gasteiger charge is -2.24. The highest BCUT2D eigenvalue weighted by atomic mass is 35.5. The first-order valence-electron chi connectivity index (χ1n) is 3.96. The molecule has 0 saturated carbocycles. The van der Waals surface area contributed by atoms with Crippen molar-refractivity contribution in [1.29, 1.82) is 0 Å². The van der Waals surface area contributed by atoms with Crippen molar-refractivity contribution in [3.05, 3.63) is 0 Å². The van der Waals surface area contributed by atoms with E-state index >= 15 is 0 Å². The van der Waals surface area contributed by atoms with Crippen LogP contribution in [0.5, 0.6) is 0 Å². The van der Waals surface area contributed by atoms with Gasteiger partial charge in [-0.05, 0) is 32.9 Å². The minimum atomic E-state index is 0. The summed E-state index contributed by atoms with van der Waals surface area (Å²) in [5.74, 6) is 0.716. The van der Waals surface area contributed by atoms with Crippen molar-refractivity contribution in [3.8, 4) is 0 Å². The molecule has 3 nitrogen and oxygen atoms in total. The van der Waals surface area contributed by atoms with Gasteiger partial charge in [0.05, 0.1) is 0 Å². The van der Waals surface area contributed by atoms with E-state index in [9.17, 15) is 0 Å². The fourth-order valence-corrected chi connectivity index (χ4v) is 1.61. The second-order valence-corrected chi connectivity index (χ2v) is 3.32. The maximum atomic E-state index is 4.06. The molecule has 0 aromatic heterocycles. The summed E-state index contributed by atoms with van der Waals surface area (Å²) in [6.07, 6.45) is 2.48. The third kappa shape index (κ3) is 1.71. The molecule has 2 aliphatic rings. The fraction of sp³-hybridized carbons (Fsp3) is 1.00. The molecule has 2 heterocycles. The van der Waals surface area contributed by atoms with Gasteiger partial charge in [-0.2, -0.15) is 10.2 Å². The van der Waals surface area contributed by atoms with Crippen LogP contribution in [0.3, 0.4) is 0 Å². The van der Waals surface area contributed by atoms with Crippen molar-refractivity contribution in [3.63, 3.8) is 0 Å². The van der Waals surface area contributed by atoms with Crippen LogP contribution in [0, 0.1) is 5.92 Å². The van der Waals surface area contributed by atoms with Gasteiger partial charge < -0.3 is 5.32 Å². The highest BCUT2D eigenvalue weighted by molar-refractivity contribution is 5.85. The van der Waals surface area contributed by atoms with E-state index in [1.807, 2.05) is 0 Å². The second-order valence-electron chi connectivity index (χ2n) is 3.32. The first-order valence-corrected chi connectivity index (χ1v) is 3.96. The van der Waals surface area contributed by atoms with Crippen molar-refractivity contribution in [2.75, 3.05) is 13.1 Å². The number of nitrogens with zero attached hydrogens (tertiary/aromatic N) is 2. The molecule has 0 aromatic carbocycles. The largest absolute Gasteiger partial charge is 0.317 e. The van der Waals surface area contributed by atoms with E-state index in [2.05, 4.69) is 22.5 Å². The van der Waals surface area contributed by atoms with Crippen LogP contribution >= 0.6 is 12.4 Å². The second kappa shape index (κ2) is 3.07. The van der Waals surface area contributed by atoms with Gasteiger partial charge in [-0.25, -0.2) is 0 Å². The summed E-state index contributed by atoms with van der Waals surface area (Å²) in [6, 6.07) is 0. The van der Waals surface area contributed by atoms with Crippen molar-refractivity contribution < 1.29 is 0 Å². The van der Waals surface area contributed by atoms with E-state index in [0.717, 1.165) is 13.1 Å². The van der Waals surface area contributed by atoms with E-state index in [-0.39, 0.29) is 18.1 Å². The topological polar surface area (TPSA) is 36.8 Å². The average molecular weight is 176 g/mol. The minimum Gasteiger partial charge on any atom is -0.317 e. The molecule has 2 rings (SSSR count). The summed E-state index contributed by atoms with van der Waals surface area (Å²) in [6.45, 7) is 4.42. The number of halogens is 1. The lowest BCUT2D eigenvalue weighted by Crippen LogP contribution is -2.34. The molecular weight excluding hydrogens is 162 g/mol. The number of hydrogen-bond acceptors (Lipinski definition) is 3. The molecular formula is C7H14ClN3. The van der Waals surface area contributed by atoms with Crippen LogP contribution in [0.25, 0.3) is 0 Å². The summed E-state index contributed by atoms with van der Waals surface area (Å²) in [5, 5.41) is 11.4. The maximum absolute atomic E-state index is 4.06. The first-order chi connectivity index (χ1) is 4.81. The molecule has 0 bridgehead atoms. The van der Waals surface area contributed by atoms with E-state index < -0.39 is 0 Å². The van der Waals surface area contributed by atoms with Gasteiger partial charge in [0.15, 0.2) is 5.66 Å². The Morgan fingerprint density at radius 1 is 1.27 bits per heavy atom. The average Bonchev–Trinajstić information content (AvgIpc) is 2.72. The number of rotatable bonds is 1. The lowest BCUT2D eigenvalue weighted by molar-refractivity contribution is 0.300. The predicted octanol–water partition coefficient (Wildman–Crippen LogP) is 1.59.